The Labute approximate surface area is 135 Å². The van der Waals surface area contributed by atoms with Crippen LogP contribution in [0.2, 0.25) is 5.02 Å². The Kier molecular flexibility index (Phi) is 7.51. The van der Waals surface area contributed by atoms with Crippen molar-refractivity contribution in [2.75, 3.05) is 0 Å². The van der Waals surface area contributed by atoms with Crippen molar-refractivity contribution in [3.8, 4) is 0 Å². The van der Waals surface area contributed by atoms with Gasteiger partial charge in [-0.3, -0.25) is 0 Å². The number of rotatable bonds is 8. The van der Waals surface area contributed by atoms with Crippen LogP contribution in [0.4, 0.5) is 0 Å². The van der Waals surface area contributed by atoms with Crippen molar-refractivity contribution in [1.82, 2.24) is 4.72 Å². The van der Waals surface area contributed by atoms with Gasteiger partial charge in [-0.25, -0.2) is 13.1 Å². The molecule has 1 aromatic carbocycles. The molecule has 6 heteroatoms. The molecule has 20 heavy (non-hydrogen) atoms. The molecule has 0 aliphatic carbocycles. The predicted octanol–water partition coefficient (Wildman–Crippen LogP) is 4.74. The highest BCUT2D eigenvalue weighted by Crippen LogP contribution is 2.25. The Morgan fingerprint density at radius 3 is 2.50 bits per heavy atom. The smallest absolute Gasteiger partial charge is 0.208 e. The second-order valence-corrected chi connectivity index (χ2v) is 7.83. The fourth-order valence-electron chi connectivity index (χ4n) is 2.04. The lowest BCUT2D eigenvalue weighted by atomic mass is 10.1. The van der Waals surface area contributed by atoms with Gasteiger partial charge in [0.2, 0.25) is 10.0 Å². The summed E-state index contributed by atoms with van der Waals surface area (Å²) in [6.07, 6.45) is 4.72. The summed E-state index contributed by atoms with van der Waals surface area (Å²) in [6.45, 7) is 4.16. The van der Waals surface area contributed by atoms with Crippen LogP contribution >= 0.6 is 27.5 Å². The van der Waals surface area contributed by atoms with Gasteiger partial charge in [0.15, 0.2) is 0 Å². The number of nitrogens with one attached hydrogen (secondary N) is 1. The van der Waals surface area contributed by atoms with Gasteiger partial charge in [0.25, 0.3) is 0 Å². The van der Waals surface area contributed by atoms with E-state index in [2.05, 4.69) is 34.5 Å². The number of hydrogen-bond donors (Lipinski definition) is 1. The summed E-state index contributed by atoms with van der Waals surface area (Å²) >= 11 is 9.30. The van der Waals surface area contributed by atoms with Crippen molar-refractivity contribution < 1.29 is 8.42 Å². The zero-order chi connectivity index (χ0) is 15.2. The van der Waals surface area contributed by atoms with Crippen molar-refractivity contribution in [3.63, 3.8) is 0 Å². The van der Waals surface area contributed by atoms with E-state index in [1.165, 1.54) is 6.07 Å². The topological polar surface area (TPSA) is 46.2 Å². The van der Waals surface area contributed by atoms with Crippen LogP contribution in [0.25, 0.3) is 0 Å². The van der Waals surface area contributed by atoms with Crippen LogP contribution in [0.1, 0.15) is 46.0 Å². The lowest BCUT2D eigenvalue weighted by Gasteiger charge is -2.18. The minimum absolute atomic E-state index is 0.0235. The molecule has 0 amide bonds. The molecule has 0 aliphatic heterocycles. The molecular weight excluding hydrogens is 362 g/mol. The molecule has 0 saturated carbocycles. The van der Waals surface area contributed by atoms with Gasteiger partial charge in [-0.15, -0.1) is 0 Å². The van der Waals surface area contributed by atoms with Crippen LogP contribution in [0, 0.1) is 0 Å². The molecule has 0 fully saturated rings. The van der Waals surface area contributed by atoms with Crippen molar-refractivity contribution >= 4 is 37.6 Å². The molecular formula is C14H21BrClNO2S. The van der Waals surface area contributed by atoms with Gasteiger partial charge in [0.1, 0.15) is 4.90 Å². The summed E-state index contributed by atoms with van der Waals surface area (Å²) in [4.78, 5) is 0.139. The third-order valence-electron chi connectivity index (χ3n) is 3.05. The molecule has 0 heterocycles. The lowest BCUT2D eigenvalue weighted by molar-refractivity contribution is 0.483. The molecule has 0 bridgehead atoms. The average molecular weight is 383 g/mol. The molecule has 3 nitrogen and oxygen atoms in total. The second kappa shape index (κ2) is 8.37. The Morgan fingerprint density at radius 1 is 1.25 bits per heavy atom. The minimum Gasteiger partial charge on any atom is -0.208 e. The third kappa shape index (κ3) is 5.35. The molecule has 0 aromatic heterocycles. The lowest BCUT2D eigenvalue weighted by Crippen LogP contribution is -2.34. The Bertz CT molecular complexity index is 534. The molecule has 0 radical (unpaired) electrons. The van der Waals surface area contributed by atoms with Crippen LogP contribution in [-0.2, 0) is 10.0 Å². The number of hydrogen-bond acceptors (Lipinski definition) is 2. The van der Waals surface area contributed by atoms with E-state index in [0.717, 1.165) is 36.6 Å². The first-order chi connectivity index (χ1) is 9.40. The van der Waals surface area contributed by atoms with Gasteiger partial charge < -0.3 is 0 Å². The van der Waals surface area contributed by atoms with Gasteiger partial charge in [-0.05, 0) is 31.0 Å². The van der Waals surface area contributed by atoms with Crippen LogP contribution in [0.3, 0.4) is 0 Å². The molecule has 114 valence electrons. The Morgan fingerprint density at radius 2 is 1.95 bits per heavy atom. The Hall–Kier alpha value is -0.100. The summed E-state index contributed by atoms with van der Waals surface area (Å²) in [5.74, 6) is 0. The summed E-state index contributed by atoms with van der Waals surface area (Å²) < 4.78 is 28.3. The SMILES string of the molecule is CCCCC(CCC)NS(=O)(=O)c1ccc(Br)cc1Cl. The van der Waals surface area contributed by atoms with E-state index < -0.39 is 10.0 Å². The highest BCUT2D eigenvalue weighted by Gasteiger charge is 2.21. The maximum atomic E-state index is 12.4. The molecule has 0 spiro atoms. The largest absolute Gasteiger partial charge is 0.242 e. The van der Waals surface area contributed by atoms with E-state index in [1.54, 1.807) is 12.1 Å². The van der Waals surface area contributed by atoms with E-state index in [-0.39, 0.29) is 16.0 Å². The minimum atomic E-state index is -3.56. The summed E-state index contributed by atoms with van der Waals surface area (Å²) in [7, 11) is -3.56. The van der Waals surface area contributed by atoms with Crippen LogP contribution in [0.5, 0.6) is 0 Å². The maximum Gasteiger partial charge on any atom is 0.242 e. The molecule has 1 N–H and O–H groups in total. The normalized spacial score (nSPS) is 13.4. The molecule has 1 rings (SSSR count). The number of benzene rings is 1. The Balaban J connectivity index is 2.91. The van der Waals surface area contributed by atoms with E-state index in [4.69, 9.17) is 11.6 Å². The first-order valence-electron chi connectivity index (χ1n) is 6.88. The van der Waals surface area contributed by atoms with Gasteiger partial charge in [0, 0.05) is 10.5 Å². The van der Waals surface area contributed by atoms with Crippen molar-refractivity contribution in [2.45, 2.75) is 56.9 Å². The number of halogens is 2. The highest BCUT2D eigenvalue weighted by atomic mass is 79.9. The summed E-state index contributed by atoms with van der Waals surface area (Å²) in [5.41, 5.74) is 0. The molecule has 0 saturated heterocycles. The third-order valence-corrected chi connectivity index (χ3v) is 5.55. The first kappa shape index (κ1) is 18.0. The summed E-state index contributed by atoms with van der Waals surface area (Å²) in [6, 6.07) is 4.78. The second-order valence-electron chi connectivity index (χ2n) is 4.82. The van der Waals surface area contributed by atoms with Gasteiger partial charge >= 0.3 is 0 Å². The first-order valence-corrected chi connectivity index (χ1v) is 9.53. The quantitative estimate of drug-likeness (QED) is 0.706. The van der Waals surface area contributed by atoms with E-state index >= 15 is 0 Å². The summed E-state index contributed by atoms with van der Waals surface area (Å²) in [5, 5.41) is 0.234. The van der Waals surface area contributed by atoms with E-state index in [9.17, 15) is 8.42 Å². The standard InChI is InChI=1S/C14H21BrClNO2S/c1-3-5-7-12(6-4-2)17-20(18,19)14-9-8-11(15)10-13(14)16/h8-10,12,17H,3-7H2,1-2H3. The number of sulfonamides is 1. The van der Waals surface area contributed by atoms with E-state index in [0.29, 0.717) is 0 Å². The monoisotopic (exact) mass is 381 g/mol. The average Bonchev–Trinajstić information content (AvgIpc) is 2.35. The van der Waals surface area contributed by atoms with Crippen molar-refractivity contribution in [2.24, 2.45) is 0 Å². The van der Waals surface area contributed by atoms with Gasteiger partial charge in [-0.2, -0.15) is 0 Å². The van der Waals surface area contributed by atoms with Crippen LogP contribution in [0.15, 0.2) is 27.6 Å². The molecule has 1 unspecified atom stereocenters. The zero-order valence-corrected chi connectivity index (χ0v) is 15.0. The fourth-order valence-corrected chi connectivity index (χ4v) is 4.38. The molecule has 0 aliphatic rings. The maximum absolute atomic E-state index is 12.4. The van der Waals surface area contributed by atoms with Crippen LogP contribution < -0.4 is 4.72 Å². The van der Waals surface area contributed by atoms with Crippen molar-refractivity contribution in [3.05, 3.63) is 27.7 Å². The van der Waals surface area contributed by atoms with Crippen LogP contribution in [-0.4, -0.2) is 14.5 Å². The molecule has 1 atom stereocenters. The predicted molar refractivity (Wildman–Crippen MR) is 87.7 cm³/mol. The number of unbranched alkanes of at least 4 members (excludes halogenated alkanes) is 1. The van der Waals surface area contributed by atoms with Gasteiger partial charge in [-0.1, -0.05) is 60.6 Å². The van der Waals surface area contributed by atoms with E-state index in [1.807, 2.05) is 0 Å². The van der Waals surface area contributed by atoms with Crippen molar-refractivity contribution in [1.29, 1.82) is 0 Å². The fraction of sp³-hybridized carbons (Fsp3) is 0.571. The highest BCUT2D eigenvalue weighted by molar-refractivity contribution is 9.10. The van der Waals surface area contributed by atoms with Gasteiger partial charge in [0.05, 0.1) is 5.02 Å². The molecule has 1 aromatic rings. The zero-order valence-electron chi connectivity index (χ0n) is 11.8.